The summed E-state index contributed by atoms with van der Waals surface area (Å²) < 4.78 is 0. The summed E-state index contributed by atoms with van der Waals surface area (Å²) in [6.45, 7) is 8.63. The summed E-state index contributed by atoms with van der Waals surface area (Å²) in [5, 5.41) is 3.20. The van der Waals surface area contributed by atoms with E-state index in [0.717, 1.165) is 13.1 Å². The minimum atomic E-state index is 0.697. The zero-order valence-corrected chi connectivity index (χ0v) is 7.70. The Hall–Kier alpha value is -0.560. The second kappa shape index (κ2) is 6.17. The average Bonchev–Trinajstić information content (AvgIpc) is 1.86. The van der Waals surface area contributed by atoms with Crippen molar-refractivity contribution < 1.29 is 0 Å². The van der Waals surface area contributed by atoms with Crippen molar-refractivity contribution in [2.24, 2.45) is 5.73 Å². The first-order valence-electron chi connectivity index (χ1n) is 3.97. The van der Waals surface area contributed by atoms with Crippen LogP contribution in [0.2, 0.25) is 0 Å². The number of hydrogen-bond acceptors (Lipinski definition) is 2. The maximum Gasteiger partial charge on any atom is 0.0237 e. The van der Waals surface area contributed by atoms with Gasteiger partial charge in [-0.25, -0.2) is 0 Å². The molecule has 0 aromatic heterocycles. The Balaban J connectivity index is 3.69. The standard InChI is InChI=1S/C9H18N2/c1-8(2)6-9(3)7-11-5-4-10/h11H,4-5,7,10H2,1-3H3. The molecule has 2 nitrogen and oxygen atoms in total. The minimum absolute atomic E-state index is 0.697. The van der Waals surface area contributed by atoms with Gasteiger partial charge in [0.15, 0.2) is 0 Å². The topological polar surface area (TPSA) is 38.0 Å². The van der Waals surface area contributed by atoms with Crippen LogP contribution in [0.4, 0.5) is 0 Å². The lowest BCUT2D eigenvalue weighted by Crippen LogP contribution is -2.23. The highest BCUT2D eigenvalue weighted by Crippen LogP contribution is 1.90. The molecule has 0 aromatic rings. The van der Waals surface area contributed by atoms with Gasteiger partial charge in [-0.15, -0.1) is 5.73 Å². The zero-order chi connectivity index (χ0) is 8.69. The molecular weight excluding hydrogens is 136 g/mol. The van der Waals surface area contributed by atoms with E-state index in [-0.39, 0.29) is 0 Å². The quantitative estimate of drug-likeness (QED) is 0.469. The van der Waals surface area contributed by atoms with E-state index in [1.165, 1.54) is 11.1 Å². The van der Waals surface area contributed by atoms with Crippen LogP contribution < -0.4 is 11.1 Å². The van der Waals surface area contributed by atoms with Gasteiger partial charge in [0.2, 0.25) is 0 Å². The molecule has 0 spiro atoms. The van der Waals surface area contributed by atoms with Gasteiger partial charge in [-0.1, -0.05) is 0 Å². The van der Waals surface area contributed by atoms with Gasteiger partial charge in [-0.2, -0.15) is 0 Å². The maximum atomic E-state index is 5.32. The highest BCUT2D eigenvalue weighted by atomic mass is 14.9. The van der Waals surface area contributed by atoms with Gasteiger partial charge in [-0.3, -0.25) is 0 Å². The van der Waals surface area contributed by atoms with Crippen molar-refractivity contribution in [3.63, 3.8) is 0 Å². The molecule has 0 saturated carbocycles. The van der Waals surface area contributed by atoms with Gasteiger partial charge < -0.3 is 11.1 Å². The third-order valence-electron chi connectivity index (χ3n) is 1.17. The van der Waals surface area contributed by atoms with Crippen molar-refractivity contribution in [2.75, 3.05) is 19.6 Å². The van der Waals surface area contributed by atoms with Crippen LogP contribution in [0, 0.1) is 0 Å². The lowest BCUT2D eigenvalue weighted by molar-refractivity contribution is 0.736. The molecule has 0 saturated heterocycles. The molecule has 64 valence electrons. The Morgan fingerprint density at radius 1 is 1.36 bits per heavy atom. The Morgan fingerprint density at radius 3 is 2.45 bits per heavy atom. The van der Waals surface area contributed by atoms with E-state index in [4.69, 9.17) is 5.73 Å². The molecule has 0 atom stereocenters. The molecule has 0 unspecified atom stereocenters. The van der Waals surface area contributed by atoms with E-state index in [2.05, 4.69) is 18.0 Å². The van der Waals surface area contributed by atoms with Crippen LogP contribution in [0.1, 0.15) is 20.8 Å². The Labute approximate surface area is 69.2 Å². The lowest BCUT2D eigenvalue weighted by atomic mass is 10.2. The van der Waals surface area contributed by atoms with E-state index in [0.29, 0.717) is 6.54 Å². The summed E-state index contributed by atoms with van der Waals surface area (Å²) in [4.78, 5) is 0. The number of rotatable bonds is 4. The Morgan fingerprint density at radius 2 is 2.00 bits per heavy atom. The zero-order valence-electron chi connectivity index (χ0n) is 7.70. The molecule has 0 radical (unpaired) electrons. The first kappa shape index (κ1) is 10.4. The fourth-order valence-corrected chi connectivity index (χ4v) is 0.849. The SMILES string of the molecule is CC(C)=C=C(C)CNCCN. The number of hydrogen-bond donors (Lipinski definition) is 2. The molecule has 0 rings (SSSR count). The molecule has 0 aliphatic rings. The van der Waals surface area contributed by atoms with Crippen molar-refractivity contribution in [2.45, 2.75) is 20.8 Å². The molecular formula is C9H18N2. The molecule has 0 aliphatic heterocycles. The lowest BCUT2D eigenvalue weighted by Gasteiger charge is -1.99. The number of nitrogens with one attached hydrogen (secondary N) is 1. The molecule has 0 heterocycles. The highest BCUT2D eigenvalue weighted by molar-refractivity contribution is 5.04. The van der Waals surface area contributed by atoms with Crippen molar-refractivity contribution in [3.8, 4) is 0 Å². The molecule has 0 aliphatic carbocycles. The van der Waals surface area contributed by atoms with Gasteiger partial charge in [0, 0.05) is 19.6 Å². The van der Waals surface area contributed by atoms with Gasteiger partial charge in [0.05, 0.1) is 0 Å². The van der Waals surface area contributed by atoms with Gasteiger partial charge in [0.1, 0.15) is 0 Å². The van der Waals surface area contributed by atoms with E-state index < -0.39 is 0 Å². The third-order valence-corrected chi connectivity index (χ3v) is 1.17. The van der Waals surface area contributed by atoms with Crippen LogP contribution in [0.3, 0.4) is 0 Å². The molecule has 3 N–H and O–H groups in total. The van der Waals surface area contributed by atoms with E-state index in [1.54, 1.807) is 0 Å². The molecule has 0 bridgehead atoms. The number of nitrogens with two attached hydrogens (primary N) is 1. The highest BCUT2D eigenvalue weighted by Gasteiger charge is 1.85. The first-order valence-corrected chi connectivity index (χ1v) is 3.97. The summed E-state index contributed by atoms with van der Waals surface area (Å²) in [5.41, 5.74) is 11.0. The predicted molar refractivity (Wildman–Crippen MR) is 49.5 cm³/mol. The molecule has 0 aromatic carbocycles. The van der Waals surface area contributed by atoms with Crippen LogP contribution >= 0.6 is 0 Å². The van der Waals surface area contributed by atoms with E-state index in [1.807, 2.05) is 13.8 Å². The fraction of sp³-hybridized carbons (Fsp3) is 0.667. The largest absolute Gasteiger partial charge is 0.329 e. The molecule has 0 fully saturated rings. The monoisotopic (exact) mass is 154 g/mol. The van der Waals surface area contributed by atoms with Crippen molar-refractivity contribution in [1.29, 1.82) is 0 Å². The fourth-order valence-electron chi connectivity index (χ4n) is 0.849. The molecule has 11 heavy (non-hydrogen) atoms. The van der Waals surface area contributed by atoms with Gasteiger partial charge in [0.25, 0.3) is 0 Å². The van der Waals surface area contributed by atoms with Crippen molar-refractivity contribution >= 4 is 0 Å². The van der Waals surface area contributed by atoms with Crippen LogP contribution in [-0.4, -0.2) is 19.6 Å². The average molecular weight is 154 g/mol. The van der Waals surface area contributed by atoms with Crippen LogP contribution in [-0.2, 0) is 0 Å². The van der Waals surface area contributed by atoms with Crippen molar-refractivity contribution in [1.82, 2.24) is 5.32 Å². The summed E-state index contributed by atoms with van der Waals surface area (Å²) in [5.74, 6) is 0. The first-order chi connectivity index (χ1) is 5.16. The van der Waals surface area contributed by atoms with Gasteiger partial charge >= 0.3 is 0 Å². The van der Waals surface area contributed by atoms with Gasteiger partial charge in [-0.05, 0) is 31.9 Å². The van der Waals surface area contributed by atoms with E-state index >= 15 is 0 Å². The maximum absolute atomic E-state index is 5.32. The second-order valence-electron chi connectivity index (χ2n) is 2.87. The van der Waals surface area contributed by atoms with Crippen molar-refractivity contribution in [3.05, 3.63) is 16.9 Å². The van der Waals surface area contributed by atoms with E-state index in [9.17, 15) is 0 Å². The second-order valence-corrected chi connectivity index (χ2v) is 2.87. The summed E-state index contributed by atoms with van der Waals surface area (Å²) in [7, 11) is 0. The summed E-state index contributed by atoms with van der Waals surface area (Å²) >= 11 is 0. The van der Waals surface area contributed by atoms with Crippen LogP contribution in [0.5, 0.6) is 0 Å². The Kier molecular flexibility index (Phi) is 5.86. The molecule has 0 amide bonds. The van der Waals surface area contributed by atoms with Crippen LogP contribution in [0.25, 0.3) is 0 Å². The molecule has 2 heteroatoms. The summed E-state index contributed by atoms with van der Waals surface area (Å²) in [6.07, 6.45) is 0. The summed E-state index contributed by atoms with van der Waals surface area (Å²) in [6, 6.07) is 0. The smallest absolute Gasteiger partial charge is 0.0237 e. The third kappa shape index (κ3) is 7.34. The normalized spacial score (nSPS) is 9.09. The predicted octanol–water partition coefficient (Wildman–Crippen LogP) is 1.05. The van der Waals surface area contributed by atoms with Crippen LogP contribution in [0.15, 0.2) is 16.9 Å². The minimum Gasteiger partial charge on any atom is -0.329 e. The Bertz CT molecular complexity index is 160.